The molecule has 0 aliphatic heterocycles. The average Bonchev–Trinajstić information content (AvgIpc) is 2.75. The van der Waals surface area contributed by atoms with Gasteiger partial charge in [-0.3, -0.25) is 0 Å². The monoisotopic (exact) mass is 291 g/mol. The summed E-state index contributed by atoms with van der Waals surface area (Å²) in [4.78, 5) is 3.92. The number of aromatic nitrogens is 2. The van der Waals surface area contributed by atoms with E-state index in [1.807, 2.05) is 0 Å². The molecule has 104 valence electrons. The minimum absolute atomic E-state index is 0. The lowest BCUT2D eigenvalue weighted by Gasteiger charge is -2.10. The highest BCUT2D eigenvalue weighted by molar-refractivity contribution is 5.85. The van der Waals surface area contributed by atoms with E-state index < -0.39 is 11.7 Å². The van der Waals surface area contributed by atoms with Gasteiger partial charge in [-0.1, -0.05) is 12.1 Å². The van der Waals surface area contributed by atoms with E-state index in [4.69, 9.17) is 5.73 Å². The molecule has 2 aromatic rings. The smallest absolute Gasteiger partial charge is 0.329 e. The number of hydrogen-bond acceptors (Lipinski definition) is 2. The number of alkyl halides is 3. The summed E-state index contributed by atoms with van der Waals surface area (Å²) < 4.78 is 39.4. The second-order valence-corrected chi connectivity index (χ2v) is 3.92. The number of nitrogens with zero attached hydrogens (tertiary/aromatic N) is 2. The van der Waals surface area contributed by atoms with Gasteiger partial charge in [-0.15, -0.1) is 12.4 Å². The van der Waals surface area contributed by atoms with Crippen LogP contribution in [0.4, 0.5) is 13.2 Å². The fraction of sp³-hybridized carbons (Fsp3) is 0.250. The lowest BCUT2D eigenvalue weighted by Crippen LogP contribution is -2.09. The Morgan fingerprint density at radius 2 is 2.00 bits per heavy atom. The zero-order valence-corrected chi connectivity index (χ0v) is 10.7. The number of halogens is 4. The fourth-order valence-electron chi connectivity index (χ4n) is 1.70. The molecule has 0 unspecified atom stereocenters. The highest BCUT2D eigenvalue weighted by Gasteiger charge is 2.30. The van der Waals surface area contributed by atoms with E-state index in [-0.39, 0.29) is 12.4 Å². The first-order valence-corrected chi connectivity index (χ1v) is 5.36. The number of benzene rings is 1. The summed E-state index contributed by atoms with van der Waals surface area (Å²) in [5.74, 6) is 0. The van der Waals surface area contributed by atoms with E-state index in [0.29, 0.717) is 18.7 Å². The van der Waals surface area contributed by atoms with E-state index in [9.17, 15) is 13.2 Å². The molecule has 0 aliphatic carbocycles. The molecule has 3 nitrogen and oxygen atoms in total. The van der Waals surface area contributed by atoms with Crippen LogP contribution >= 0.6 is 12.4 Å². The van der Waals surface area contributed by atoms with Gasteiger partial charge in [0.15, 0.2) is 0 Å². The second kappa shape index (κ2) is 6.08. The van der Waals surface area contributed by atoms with Crippen LogP contribution in [0.3, 0.4) is 0 Å². The first-order chi connectivity index (χ1) is 8.50. The molecule has 0 aliphatic rings. The molecule has 0 atom stereocenters. The Labute approximate surface area is 114 Å². The molecule has 2 rings (SSSR count). The maximum absolute atomic E-state index is 12.6. The molecule has 1 heterocycles. The highest BCUT2D eigenvalue weighted by Crippen LogP contribution is 2.29. The van der Waals surface area contributed by atoms with Gasteiger partial charge < -0.3 is 10.3 Å². The van der Waals surface area contributed by atoms with Crippen molar-refractivity contribution in [1.82, 2.24) is 9.55 Å². The maximum Gasteiger partial charge on any atom is 0.416 e. The maximum atomic E-state index is 12.6. The number of rotatable bonds is 3. The van der Waals surface area contributed by atoms with Crippen molar-refractivity contribution in [2.24, 2.45) is 5.73 Å². The molecule has 7 heteroatoms. The van der Waals surface area contributed by atoms with Crippen molar-refractivity contribution in [3.8, 4) is 0 Å². The zero-order valence-electron chi connectivity index (χ0n) is 9.89. The molecule has 0 spiro atoms. The van der Waals surface area contributed by atoms with Gasteiger partial charge in [-0.25, -0.2) is 4.98 Å². The summed E-state index contributed by atoms with van der Waals surface area (Å²) >= 11 is 0. The summed E-state index contributed by atoms with van der Waals surface area (Å²) in [7, 11) is 0. The minimum atomic E-state index is -4.32. The first-order valence-electron chi connectivity index (χ1n) is 5.36. The molecule has 0 amide bonds. The van der Waals surface area contributed by atoms with Crippen molar-refractivity contribution in [3.63, 3.8) is 0 Å². The Bertz CT molecular complexity index is 537. The normalized spacial score (nSPS) is 11.2. The molecular formula is C12H13ClF3N3. The van der Waals surface area contributed by atoms with Crippen LogP contribution in [0.5, 0.6) is 0 Å². The molecule has 2 N–H and O–H groups in total. The van der Waals surface area contributed by atoms with Gasteiger partial charge >= 0.3 is 6.18 Å². The number of imidazole rings is 1. The topological polar surface area (TPSA) is 43.8 Å². The van der Waals surface area contributed by atoms with Crippen LogP contribution < -0.4 is 5.73 Å². The van der Waals surface area contributed by atoms with Crippen molar-refractivity contribution >= 4 is 12.4 Å². The lowest BCUT2D eigenvalue weighted by molar-refractivity contribution is -0.137. The molecule has 0 fully saturated rings. The standard InChI is InChI=1S/C12H12F3N3.ClH/c13-12(14,15)10-3-1-2-9(4-10)7-18-8-17-6-11(18)5-16;/h1-4,6,8H,5,7,16H2;1H. The summed E-state index contributed by atoms with van der Waals surface area (Å²) in [6.07, 6.45) is -1.16. The van der Waals surface area contributed by atoms with Crippen LogP contribution in [-0.2, 0) is 19.3 Å². The Morgan fingerprint density at radius 3 is 2.63 bits per heavy atom. The van der Waals surface area contributed by atoms with E-state index in [1.165, 1.54) is 6.07 Å². The van der Waals surface area contributed by atoms with Crippen molar-refractivity contribution in [3.05, 3.63) is 53.6 Å². The number of nitrogens with two attached hydrogens (primary N) is 1. The Morgan fingerprint density at radius 1 is 1.26 bits per heavy atom. The minimum Gasteiger partial charge on any atom is -0.329 e. The van der Waals surface area contributed by atoms with Crippen molar-refractivity contribution in [1.29, 1.82) is 0 Å². The van der Waals surface area contributed by atoms with Gasteiger partial charge in [-0.05, 0) is 17.7 Å². The quantitative estimate of drug-likeness (QED) is 0.945. The van der Waals surface area contributed by atoms with Gasteiger partial charge in [0.2, 0.25) is 0 Å². The third kappa shape index (κ3) is 3.71. The van der Waals surface area contributed by atoms with Crippen LogP contribution in [0.25, 0.3) is 0 Å². The van der Waals surface area contributed by atoms with Crippen molar-refractivity contribution in [2.45, 2.75) is 19.3 Å². The highest BCUT2D eigenvalue weighted by atomic mass is 35.5. The molecule has 0 saturated heterocycles. The summed E-state index contributed by atoms with van der Waals surface area (Å²) in [5, 5.41) is 0. The van der Waals surface area contributed by atoms with E-state index in [1.54, 1.807) is 23.2 Å². The van der Waals surface area contributed by atoms with Crippen LogP contribution in [0.1, 0.15) is 16.8 Å². The molecule has 0 saturated carbocycles. The van der Waals surface area contributed by atoms with Crippen molar-refractivity contribution < 1.29 is 13.2 Å². The van der Waals surface area contributed by atoms with Gasteiger partial charge in [0.25, 0.3) is 0 Å². The SMILES string of the molecule is Cl.NCc1cncn1Cc1cccc(C(F)(F)F)c1. The van der Waals surface area contributed by atoms with E-state index in [2.05, 4.69) is 4.98 Å². The third-order valence-electron chi connectivity index (χ3n) is 2.61. The fourth-order valence-corrected chi connectivity index (χ4v) is 1.70. The van der Waals surface area contributed by atoms with Crippen LogP contribution in [0.2, 0.25) is 0 Å². The molecule has 0 bridgehead atoms. The molecule has 0 radical (unpaired) electrons. The lowest BCUT2D eigenvalue weighted by atomic mass is 10.1. The molecular weight excluding hydrogens is 279 g/mol. The van der Waals surface area contributed by atoms with Crippen molar-refractivity contribution in [2.75, 3.05) is 0 Å². The third-order valence-corrected chi connectivity index (χ3v) is 2.61. The molecule has 1 aromatic heterocycles. The van der Waals surface area contributed by atoms with Gasteiger partial charge in [0.05, 0.1) is 17.6 Å². The summed E-state index contributed by atoms with van der Waals surface area (Å²) in [5.41, 5.74) is 6.21. The van der Waals surface area contributed by atoms with Crippen LogP contribution in [0.15, 0.2) is 36.8 Å². The summed E-state index contributed by atoms with van der Waals surface area (Å²) in [6, 6.07) is 5.24. The van der Waals surface area contributed by atoms with E-state index >= 15 is 0 Å². The second-order valence-electron chi connectivity index (χ2n) is 3.92. The summed E-state index contributed by atoms with van der Waals surface area (Å²) in [6.45, 7) is 0.634. The molecule has 1 aromatic carbocycles. The largest absolute Gasteiger partial charge is 0.416 e. The first kappa shape index (κ1) is 15.5. The Balaban J connectivity index is 0.00000180. The Kier molecular flexibility index (Phi) is 4.97. The Hall–Kier alpha value is -1.53. The van der Waals surface area contributed by atoms with Gasteiger partial charge in [-0.2, -0.15) is 13.2 Å². The zero-order chi connectivity index (χ0) is 13.2. The predicted molar refractivity (Wildman–Crippen MR) is 67.9 cm³/mol. The van der Waals surface area contributed by atoms with E-state index in [0.717, 1.165) is 17.8 Å². The predicted octanol–water partition coefficient (Wildman–Crippen LogP) is 2.83. The van der Waals surface area contributed by atoms with Crippen LogP contribution in [0, 0.1) is 0 Å². The molecule has 19 heavy (non-hydrogen) atoms. The van der Waals surface area contributed by atoms with Gasteiger partial charge in [0.1, 0.15) is 0 Å². The van der Waals surface area contributed by atoms with Gasteiger partial charge in [0, 0.05) is 19.3 Å². The number of hydrogen-bond donors (Lipinski definition) is 1. The van der Waals surface area contributed by atoms with Crippen LogP contribution in [-0.4, -0.2) is 9.55 Å². The average molecular weight is 292 g/mol.